The minimum atomic E-state index is -0.227. The largest absolute Gasteiger partial charge is 0.379 e. The highest BCUT2D eigenvalue weighted by atomic mass is 32.1. The van der Waals surface area contributed by atoms with Gasteiger partial charge in [0.25, 0.3) is 5.91 Å². The van der Waals surface area contributed by atoms with Crippen molar-refractivity contribution in [2.45, 2.75) is 39.3 Å². The normalized spacial score (nSPS) is 18.6. The van der Waals surface area contributed by atoms with Crippen LogP contribution in [0, 0.1) is 6.92 Å². The number of rotatable bonds is 8. The zero-order valence-corrected chi connectivity index (χ0v) is 21.6. The lowest BCUT2D eigenvalue weighted by Crippen LogP contribution is -2.50. The Morgan fingerprint density at radius 3 is 2.60 bits per heavy atom. The molecular weight excluding hydrogens is 462 g/mol. The number of nitrogens with one attached hydrogen (secondary N) is 1. The summed E-state index contributed by atoms with van der Waals surface area (Å²) < 4.78 is 5.43. The number of carbonyl (C=O) groups is 2. The first-order valence-corrected chi connectivity index (χ1v) is 13.1. The monoisotopic (exact) mass is 497 g/mol. The Labute approximate surface area is 211 Å². The van der Waals surface area contributed by atoms with Gasteiger partial charge in [-0.05, 0) is 37.8 Å². The van der Waals surface area contributed by atoms with Crippen molar-refractivity contribution >= 4 is 29.0 Å². The fourth-order valence-electron chi connectivity index (χ4n) is 4.29. The average molecular weight is 498 g/mol. The maximum atomic E-state index is 13.6. The second-order valence-electron chi connectivity index (χ2n) is 9.37. The second-order valence-corrected chi connectivity index (χ2v) is 10.3. The third kappa shape index (κ3) is 6.68. The number of hydrogen-bond acceptors (Lipinski definition) is 6. The van der Waals surface area contributed by atoms with Crippen LogP contribution in [0.25, 0.3) is 0 Å². The molecule has 0 spiro atoms. The van der Waals surface area contributed by atoms with Gasteiger partial charge < -0.3 is 15.0 Å². The fourth-order valence-corrected chi connectivity index (χ4v) is 5.01. The van der Waals surface area contributed by atoms with Crippen LogP contribution in [0.15, 0.2) is 46.9 Å². The third-order valence-corrected chi connectivity index (χ3v) is 7.17. The van der Waals surface area contributed by atoms with Crippen LogP contribution in [0.3, 0.4) is 0 Å². The quantitative estimate of drug-likeness (QED) is 0.606. The van der Waals surface area contributed by atoms with E-state index in [1.54, 1.807) is 21.2 Å². The lowest BCUT2D eigenvalue weighted by atomic mass is 10.00. The fraction of sp³-hybridized carbons (Fsp3) is 0.500. The lowest BCUT2D eigenvalue weighted by molar-refractivity contribution is -0.133. The van der Waals surface area contributed by atoms with Gasteiger partial charge in [-0.15, -0.1) is 11.3 Å². The van der Waals surface area contributed by atoms with Crippen molar-refractivity contribution in [1.29, 1.82) is 0 Å². The zero-order valence-electron chi connectivity index (χ0n) is 20.8. The molecule has 1 N–H and O–H groups in total. The van der Waals surface area contributed by atoms with E-state index < -0.39 is 0 Å². The van der Waals surface area contributed by atoms with E-state index in [1.807, 2.05) is 31.4 Å². The number of morpholine rings is 1. The molecule has 1 aromatic heterocycles. The van der Waals surface area contributed by atoms with Crippen LogP contribution in [0.5, 0.6) is 0 Å². The summed E-state index contributed by atoms with van der Waals surface area (Å²) >= 11 is 1.62. The van der Waals surface area contributed by atoms with E-state index in [4.69, 9.17) is 9.84 Å². The molecule has 8 nitrogen and oxygen atoms in total. The van der Waals surface area contributed by atoms with Crippen molar-refractivity contribution in [1.82, 2.24) is 20.1 Å². The summed E-state index contributed by atoms with van der Waals surface area (Å²) in [5, 5.41) is 11.3. The van der Waals surface area contributed by atoms with E-state index in [9.17, 15) is 9.59 Å². The number of ether oxygens (including phenoxy) is 1. The Morgan fingerprint density at radius 1 is 1.20 bits per heavy atom. The molecule has 2 aliphatic heterocycles. The third-order valence-electron chi connectivity index (χ3n) is 6.25. The van der Waals surface area contributed by atoms with Gasteiger partial charge in [0.05, 0.1) is 29.8 Å². The molecule has 3 heterocycles. The molecule has 9 heteroatoms. The maximum Gasteiger partial charge on any atom is 0.318 e. The van der Waals surface area contributed by atoms with Crippen LogP contribution < -0.4 is 5.32 Å². The minimum Gasteiger partial charge on any atom is -0.379 e. The molecule has 2 aromatic rings. The number of carbonyl (C=O) groups excluding carboxylic acids is 2. The summed E-state index contributed by atoms with van der Waals surface area (Å²) in [6.45, 7) is 10.1. The average Bonchev–Trinajstić information content (AvgIpc) is 3.52. The number of hydrogen-bond donors (Lipinski definition) is 1. The number of aryl methyl sites for hydroxylation is 1. The molecular formula is C26H35N5O3S. The predicted octanol–water partition coefficient (Wildman–Crippen LogP) is 3.49. The summed E-state index contributed by atoms with van der Waals surface area (Å²) in [7, 11) is 0. The van der Waals surface area contributed by atoms with Gasteiger partial charge in [-0.2, -0.15) is 5.10 Å². The molecule has 0 aliphatic carbocycles. The van der Waals surface area contributed by atoms with Crippen LogP contribution in [-0.4, -0.2) is 84.4 Å². The van der Waals surface area contributed by atoms with Crippen molar-refractivity contribution in [3.8, 4) is 0 Å². The van der Waals surface area contributed by atoms with Gasteiger partial charge in [-0.1, -0.05) is 35.9 Å². The van der Waals surface area contributed by atoms with Crippen molar-refractivity contribution in [3.05, 3.63) is 57.8 Å². The molecule has 0 radical (unpaired) electrons. The molecule has 1 aromatic carbocycles. The van der Waals surface area contributed by atoms with Crippen LogP contribution in [-0.2, 0) is 9.53 Å². The standard InChI is InChI=1S/C26H35N5O3S/c1-19(2)27-26(33)30(11-10-29-12-14-34-15-13-29)18-25(32)31-23(21-8-6-20(3)7-9-21)17-22(28-31)24-5-4-16-35-24/h4-9,16,19,23H,10-15,17-18H2,1-3H3,(H,27,33)/t23-/m0/s1. The van der Waals surface area contributed by atoms with Gasteiger partial charge >= 0.3 is 6.03 Å². The van der Waals surface area contributed by atoms with E-state index in [1.165, 1.54) is 5.56 Å². The van der Waals surface area contributed by atoms with Crippen LogP contribution in [0.4, 0.5) is 4.79 Å². The van der Waals surface area contributed by atoms with Crippen molar-refractivity contribution in [2.75, 3.05) is 45.9 Å². The summed E-state index contributed by atoms with van der Waals surface area (Å²) in [6.07, 6.45) is 0.654. The van der Waals surface area contributed by atoms with Gasteiger partial charge in [0.15, 0.2) is 0 Å². The first kappa shape index (κ1) is 25.3. The van der Waals surface area contributed by atoms with Crippen molar-refractivity contribution in [3.63, 3.8) is 0 Å². The molecule has 1 atom stereocenters. The Balaban J connectivity index is 1.52. The molecule has 188 valence electrons. The van der Waals surface area contributed by atoms with Gasteiger partial charge in [-0.25, -0.2) is 9.80 Å². The highest BCUT2D eigenvalue weighted by molar-refractivity contribution is 7.12. The first-order chi connectivity index (χ1) is 16.9. The zero-order chi connectivity index (χ0) is 24.8. The minimum absolute atomic E-state index is 0.0148. The number of hydrazone groups is 1. The number of nitrogens with zero attached hydrogens (tertiary/aromatic N) is 4. The summed E-state index contributed by atoms with van der Waals surface area (Å²) in [4.78, 5) is 31.6. The number of thiophene rings is 1. The van der Waals surface area contributed by atoms with E-state index in [2.05, 4.69) is 41.4 Å². The second kappa shape index (κ2) is 11.8. The van der Waals surface area contributed by atoms with Crippen LogP contribution >= 0.6 is 11.3 Å². The summed E-state index contributed by atoms with van der Waals surface area (Å²) in [5.41, 5.74) is 3.12. The van der Waals surface area contributed by atoms with E-state index in [0.717, 1.165) is 29.2 Å². The SMILES string of the molecule is Cc1ccc([C@@H]2CC(c3cccs3)=NN2C(=O)CN(CCN2CCOCC2)C(=O)NC(C)C)cc1. The molecule has 2 aliphatic rings. The topological polar surface area (TPSA) is 77.5 Å². The Bertz CT molecular complexity index is 1020. The van der Waals surface area contributed by atoms with Crippen LogP contribution in [0.2, 0.25) is 0 Å². The van der Waals surface area contributed by atoms with E-state index in [-0.39, 0.29) is 30.6 Å². The molecule has 0 saturated carbocycles. The molecule has 0 unspecified atom stereocenters. The Kier molecular flexibility index (Phi) is 8.54. The summed E-state index contributed by atoms with van der Waals surface area (Å²) in [5.74, 6) is -0.178. The predicted molar refractivity (Wildman–Crippen MR) is 139 cm³/mol. The van der Waals surface area contributed by atoms with Crippen molar-refractivity contribution in [2.24, 2.45) is 5.10 Å². The molecule has 3 amide bonds. The molecule has 35 heavy (non-hydrogen) atoms. The number of amides is 3. The maximum absolute atomic E-state index is 13.6. The highest BCUT2D eigenvalue weighted by Gasteiger charge is 2.34. The Hall–Kier alpha value is -2.75. The lowest BCUT2D eigenvalue weighted by Gasteiger charge is -2.31. The van der Waals surface area contributed by atoms with Gasteiger partial charge in [0.1, 0.15) is 6.54 Å². The molecule has 1 saturated heterocycles. The van der Waals surface area contributed by atoms with Gasteiger partial charge in [-0.3, -0.25) is 9.69 Å². The first-order valence-electron chi connectivity index (χ1n) is 12.3. The van der Waals surface area contributed by atoms with Crippen molar-refractivity contribution < 1.29 is 14.3 Å². The van der Waals surface area contributed by atoms with Gasteiger partial charge in [0, 0.05) is 38.6 Å². The number of urea groups is 1. The highest BCUT2D eigenvalue weighted by Crippen LogP contribution is 2.34. The van der Waals surface area contributed by atoms with Gasteiger partial charge in [0.2, 0.25) is 0 Å². The number of benzene rings is 1. The smallest absolute Gasteiger partial charge is 0.318 e. The molecule has 0 bridgehead atoms. The van der Waals surface area contributed by atoms with E-state index in [0.29, 0.717) is 32.7 Å². The van der Waals surface area contributed by atoms with Crippen LogP contribution in [0.1, 0.15) is 42.3 Å². The van der Waals surface area contributed by atoms with E-state index >= 15 is 0 Å². The Morgan fingerprint density at radius 2 is 1.94 bits per heavy atom. The molecule has 1 fully saturated rings. The molecule has 4 rings (SSSR count). The summed E-state index contributed by atoms with van der Waals surface area (Å²) in [6, 6.07) is 11.9.